The lowest BCUT2D eigenvalue weighted by Gasteiger charge is -2.24. The number of carbonyl (C=O) groups is 1. The van der Waals surface area contributed by atoms with Crippen LogP contribution in [0.2, 0.25) is 0 Å². The number of sulfonamides is 1. The Bertz CT molecular complexity index is 1240. The predicted octanol–water partition coefficient (Wildman–Crippen LogP) is 3.62. The van der Waals surface area contributed by atoms with Crippen molar-refractivity contribution in [2.75, 3.05) is 38.8 Å². The molecule has 0 saturated carbocycles. The molecule has 0 aliphatic carbocycles. The van der Waals surface area contributed by atoms with Crippen LogP contribution in [0.1, 0.15) is 12.5 Å². The number of ether oxygens (including phenoxy) is 4. The van der Waals surface area contributed by atoms with Crippen molar-refractivity contribution in [3.05, 3.63) is 72.3 Å². The van der Waals surface area contributed by atoms with Crippen molar-refractivity contribution < 1.29 is 32.2 Å². The summed E-state index contributed by atoms with van der Waals surface area (Å²) in [5, 5.41) is 2.77. The molecule has 0 radical (unpaired) electrons. The third-order valence-electron chi connectivity index (χ3n) is 5.27. The van der Waals surface area contributed by atoms with Gasteiger partial charge in [-0.15, -0.1) is 0 Å². The molecule has 3 aromatic rings. The monoisotopic (exact) mass is 514 g/mol. The van der Waals surface area contributed by atoms with Gasteiger partial charge in [-0.3, -0.25) is 9.10 Å². The maximum Gasteiger partial charge on any atom is 0.264 e. The van der Waals surface area contributed by atoms with E-state index >= 15 is 0 Å². The zero-order valence-electron chi connectivity index (χ0n) is 20.7. The minimum absolute atomic E-state index is 0.0484. The third-order valence-corrected chi connectivity index (χ3v) is 7.06. The first kappa shape index (κ1) is 26.7. The van der Waals surface area contributed by atoms with E-state index in [1.165, 1.54) is 33.5 Å². The standard InChI is InChI=1S/C26H30N2O7S/c1-5-35-21-11-13-22(14-12-21)36(30,31)28(20-9-7-6-8-10-20)18-25(29)27-17-19-15-23(32-2)26(34-4)24(16-19)33-3/h6-16H,5,17-18H2,1-4H3,(H,27,29). The van der Waals surface area contributed by atoms with E-state index in [9.17, 15) is 13.2 Å². The van der Waals surface area contributed by atoms with Crippen LogP contribution in [0.3, 0.4) is 0 Å². The van der Waals surface area contributed by atoms with E-state index in [1.807, 2.05) is 6.92 Å². The smallest absolute Gasteiger partial charge is 0.264 e. The molecule has 1 amide bonds. The lowest BCUT2D eigenvalue weighted by molar-refractivity contribution is -0.119. The molecule has 0 aromatic heterocycles. The average molecular weight is 515 g/mol. The summed E-state index contributed by atoms with van der Waals surface area (Å²) in [7, 11) is 0.477. The number of methoxy groups -OCH3 is 3. The fourth-order valence-electron chi connectivity index (χ4n) is 3.54. The Morgan fingerprint density at radius 2 is 1.50 bits per heavy atom. The Morgan fingerprint density at radius 1 is 0.889 bits per heavy atom. The van der Waals surface area contributed by atoms with Gasteiger partial charge in [0, 0.05) is 6.54 Å². The summed E-state index contributed by atoms with van der Waals surface area (Å²) in [6, 6.07) is 18.0. The zero-order valence-corrected chi connectivity index (χ0v) is 21.5. The number of amides is 1. The second-order valence-corrected chi connectivity index (χ2v) is 9.42. The highest BCUT2D eigenvalue weighted by Crippen LogP contribution is 2.38. The van der Waals surface area contributed by atoms with Crippen molar-refractivity contribution in [2.24, 2.45) is 0 Å². The van der Waals surface area contributed by atoms with Crippen LogP contribution in [-0.4, -0.2) is 48.8 Å². The SMILES string of the molecule is CCOc1ccc(S(=O)(=O)N(CC(=O)NCc2cc(OC)c(OC)c(OC)c2)c2ccccc2)cc1. The van der Waals surface area contributed by atoms with Crippen LogP contribution in [0, 0.1) is 0 Å². The number of benzene rings is 3. The Morgan fingerprint density at radius 3 is 2.03 bits per heavy atom. The van der Waals surface area contributed by atoms with Gasteiger partial charge in [0.2, 0.25) is 11.7 Å². The fraction of sp³-hybridized carbons (Fsp3) is 0.269. The molecule has 0 saturated heterocycles. The van der Waals surface area contributed by atoms with Gasteiger partial charge in [-0.1, -0.05) is 18.2 Å². The Balaban J connectivity index is 1.82. The van der Waals surface area contributed by atoms with E-state index in [1.54, 1.807) is 54.6 Å². The summed E-state index contributed by atoms with van der Waals surface area (Å²) in [6.45, 7) is 2.03. The topological polar surface area (TPSA) is 103 Å². The Kier molecular flexibility index (Phi) is 9.02. The van der Waals surface area contributed by atoms with Gasteiger partial charge < -0.3 is 24.3 Å². The van der Waals surface area contributed by atoms with E-state index in [4.69, 9.17) is 18.9 Å². The highest BCUT2D eigenvalue weighted by atomic mass is 32.2. The molecule has 0 spiro atoms. The van der Waals surface area contributed by atoms with Gasteiger partial charge in [0.05, 0.1) is 38.5 Å². The quantitative estimate of drug-likeness (QED) is 0.394. The molecule has 192 valence electrons. The summed E-state index contributed by atoms with van der Waals surface area (Å²) >= 11 is 0. The van der Waals surface area contributed by atoms with Gasteiger partial charge in [0.25, 0.3) is 10.0 Å². The van der Waals surface area contributed by atoms with E-state index < -0.39 is 22.5 Å². The maximum atomic E-state index is 13.5. The molecule has 0 aliphatic rings. The van der Waals surface area contributed by atoms with Crippen LogP contribution < -0.4 is 28.6 Å². The number of anilines is 1. The van der Waals surface area contributed by atoms with Crippen LogP contribution >= 0.6 is 0 Å². The Labute approximate surface area is 211 Å². The summed E-state index contributed by atoms with van der Waals surface area (Å²) in [4.78, 5) is 13.0. The van der Waals surface area contributed by atoms with Gasteiger partial charge in [-0.05, 0) is 61.0 Å². The second-order valence-electron chi connectivity index (χ2n) is 7.56. The van der Waals surface area contributed by atoms with Crippen LogP contribution in [0.25, 0.3) is 0 Å². The van der Waals surface area contributed by atoms with Crippen LogP contribution in [0.5, 0.6) is 23.0 Å². The Hall–Kier alpha value is -3.92. The molecule has 0 fully saturated rings. The summed E-state index contributed by atoms with van der Waals surface area (Å²) in [6.07, 6.45) is 0. The largest absolute Gasteiger partial charge is 0.494 e. The van der Waals surface area contributed by atoms with Gasteiger partial charge in [-0.25, -0.2) is 8.42 Å². The molecule has 0 aliphatic heterocycles. The number of carbonyl (C=O) groups excluding carboxylic acids is 1. The normalized spacial score (nSPS) is 10.9. The summed E-state index contributed by atoms with van der Waals surface area (Å²) in [5.41, 5.74) is 1.06. The van der Waals surface area contributed by atoms with Crippen LogP contribution in [0.15, 0.2) is 71.6 Å². The number of nitrogens with zero attached hydrogens (tertiary/aromatic N) is 1. The van der Waals surface area contributed by atoms with Crippen LogP contribution in [-0.2, 0) is 21.4 Å². The lowest BCUT2D eigenvalue weighted by atomic mass is 10.1. The first-order chi connectivity index (χ1) is 17.3. The zero-order chi connectivity index (χ0) is 26.1. The van der Waals surface area contributed by atoms with Crippen molar-refractivity contribution in [1.82, 2.24) is 5.32 Å². The van der Waals surface area contributed by atoms with Crippen molar-refractivity contribution in [2.45, 2.75) is 18.4 Å². The van der Waals surface area contributed by atoms with E-state index in [0.717, 1.165) is 4.31 Å². The highest BCUT2D eigenvalue weighted by molar-refractivity contribution is 7.92. The lowest BCUT2D eigenvalue weighted by Crippen LogP contribution is -2.40. The molecular weight excluding hydrogens is 484 g/mol. The second kappa shape index (κ2) is 12.2. The molecule has 0 unspecified atom stereocenters. The number of para-hydroxylation sites is 1. The molecule has 10 heteroatoms. The van der Waals surface area contributed by atoms with Gasteiger partial charge >= 0.3 is 0 Å². The number of rotatable bonds is 12. The minimum atomic E-state index is -4.03. The first-order valence-corrected chi connectivity index (χ1v) is 12.6. The molecule has 3 rings (SSSR count). The van der Waals surface area contributed by atoms with Crippen molar-refractivity contribution in [3.63, 3.8) is 0 Å². The molecular formula is C26H30N2O7S. The predicted molar refractivity (Wildman–Crippen MR) is 137 cm³/mol. The number of hydrogen-bond acceptors (Lipinski definition) is 7. The molecule has 36 heavy (non-hydrogen) atoms. The molecule has 3 aromatic carbocycles. The van der Waals surface area contributed by atoms with Crippen molar-refractivity contribution >= 4 is 21.6 Å². The van der Waals surface area contributed by atoms with Crippen molar-refractivity contribution in [3.8, 4) is 23.0 Å². The molecule has 0 atom stereocenters. The van der Waals surface area contributed by atoms with E-state index in [0.29, 0.717) is 40.9 Å². The molecule has 1 N–H and O–H groups in total. The molecule has 0 bridgehead atoms. The molecule has 0 heterocycles. The highest BCUT2D eigenvalue weighted by Gasteiger charge is 2.27. The van der Waals surface area contributed by atoms with Gasteiger partial charge in [-0.2, -0.15) is 0 Å². The maximum absolute atomic E-state index is 13.5. The van der Waals surface area contributed by atoms with Gasteiger partial charge in [0.15, 0.2) is 11.5 Å². The molecule has 9 nitrogen and oxygen atoms in total. The average Bonchev–Trinajstić information content (AvgIpc) is 2.90. The van der Waals surface area contributed by atoms with Crippen LogP contribution in [0.4, 0.5) is 5.69 Å². The van der Waals surface area contributed by atoms with E-state index in [-0.39, 0.29) is 11.4 Å². The third kappa shape index (κ3) is 6.19. The van der Waals surface area contributed by atoms with E-state index in [2.05, 4.69) is 5.32 Å². The summed E-state index contributed by atoms with van der Waals surface area (Å²) in [5.74, 6) is 1.41. The van der Waals surface area contributed by atoms with Gasteiger partial charge in [0.1, 0.15) is 12.3 Å². The first-order valence-electron chi connectivity index (χ1n) is 11.2. The number of nitrogens with one attached hydrogen (secondary N) is 1. The van der Waals surface area contributed by atoms with Crippen molar-refractivity contribution in [1.29, 1.82) is 0 Å². The number of hydrogen-bond donors (Lipinski definition) is 1. The summed E-state index contributed by atoms with van der Waals surface area (Å²) < 4.78 is 49.5. The fourth-order valence-corrected chi connectivity index (χ4v) is 4.96. The minimum Gasteiger partial charge on any atom is -0.494 e.